The highest BCUT2D eigenvalue weighted by Crippen LogP contribution is 2.36. The van der Waals surface area contributed by atoms with Crippen LogP contribution in [0.5, 0.6) is 5.75 Å². The van der Waals surface area contributed by atoms with E-state index in [1.165, 1.54) is 24.1 Å². The summed E-state index contributed by atoms with van der Waals surface area (Å²) < 4.78 is 13.3. The van der Waals surface area contributed by atoms with E-state index in [1.807, 2.05) is 6.07 Å². The Labute approximate surface area is 137 Å². The largest absolute Gasteiger partial charge is 0.508 e. The summed E-state index contributed by atoms with van der Waals surface area (Å²) in [5.74, 6) is -0.534. The molecule has 3 rings (SSSR count). The molecule has 0 radical (unpaired) electrons. The Kier molecular flexibility index (Phi) is 4.05. The molecule has 1 atom stereocenters. The fourth-order valence-corrected chi connectivity index (χ4v) is 2.97. The van der Waals surface area contributed by atoms with Gasteiger partial charge < -0.3 is 5.11 Å². The Morgan fingerprint density at radius 3 is 2.78 bits per heavy atom. The minimum absolute atomic E-state index is 0.128. The molecule has 1 aliphatic rings. The lowest BCUT2D eigenvalue weighted by Crippen LogP contribution is -2.24. The number of carbonyl (C=O) groups excluding carboxylic acids is 1. The summed E-state index contributed by atoms with van der Waals surface area (Å²) in [5, 5.41) is 15.6. The summed E-state index contributed by atoms with van der Waals surface area (Å²) in [5.41, 5.74) is 2.04. The number of amides is 1. The second kappa shape index (κ2) is 6.01. The number of rotatable bonds is 2. The van der Waals surface area contributed by atoms with Gasteiger partial charge in [0.2, 0.25) is 5.91 Å². The number of carbonyl (C=O) groups is 1. The Morgan fingerprint density at radius 2 is 2.13 bits per heavy atom. The van der Waals surface area contributed by atoms with Crippen LogP contribution in [0.25, 0.3) is 0 Å². The van der Waals surface area contributed by atoms with Crippen molar-refractivity contribution in [2.75, 3.05) is 0 Å². The van der Waals surface area contributed by atoms with Crippen LogP contribution >= 0.6 is 11.6 Å². The van der Waals surface area contributed by atoms with Crippen molar-refractivity contribution in [3.63, 3.8) is 0 Å². The topological polar surface area (TPSA) is 52.9 Å². The second-order valence-corrected chi connectivity index (χ2v) is 5.75. The van der Waals surface area contributed by atoms with Gasteiger partial charge in [-0.2, -0.15) is 5.10 Å². The Hall–Kier alpha value is -2.40. The van der Waals surface area contributed by atoms with Gasteiger partial charge in [0.25, 0.3) is 0 Å². The van der Waals surface area contributed by atoms with Crippen molar-refractivity contribution in [3.05, 3.63) is 64.4 Å². The maximum atomic E-state index is 13.3. The zero-order valence-corrected chi connectivity index (χ0v) is 13.1. The number of benzene rings is 2. The molecule has 0 saturated carbocycles. The summed E-state index contributed by atoms with van der Waals surface area (Å²) in [6.07, 6.45) is 0.439. The van der Waals surface area contributed by atoms with E-state index in [0.29, 0.717) is 17.7 Å². The summed E-state index contributed by atoms with van der Waals surface area (Å²) in [7, 11) is 0. The fourth-order valence-electron chi connectivity index (χ4n) is 2.67. The van der Waals surface area contributed by atoms with Gasteiger partial charge in [0, 0.05) is 23.9 Å². The number of hydrogen-bond acceptors (Lipinski definition) is 3. The van der Waals surface area contributed by atoms with Gasteiger partial charge in [-0.1, -0.05) is 29.8 Å². The van der Waals surface area contributed by atoms with Crippen molar-refractivity contribution >= 4 is 23.2 Å². The average Bonchev–Trinajstić information content (AvgIpc) is 2.92. The number of aromatic hydroxyl groups is 1. The first kappa shape index (κ1) is 15.5. The maximum absolute atomic E-state index is 13.3. The van der Waals surface area contributed by atoms with E-state index in [4.69, 9.17) is 11.6 Å². The van der Waals surface area contributed by atoms with Gasteiger partial charge in [0.05, 0.1) is 11.8 Å². The highest BCUT2D eigenvalue weighted by Gasteiger charge is 2.32. The molecular formula is C17H14ClFN2O2. The van der Waals surface area contributed by atoms with Crippen molar-refractivity contribution in [1.82, 2.24) is 5.01 Å². The molecule has 2 aromatic rings. The van der Waals surface area contributed by atoms with E-state index in [0.717, 1.165) is 5.56 Å². The Morgan fingerprint density at radius 1 is 1.35 bits per heavy atom. The molecule has 0 saturated heterocycles. The molecule has 0 bridgehead atoms. The van der Waals surface area contributed by atoms with Crippen LogP contribution in [0.15, 0.2) is 47.6 Å². The average molecular weight is 333 g/mol. The molecule has 1 amide bonds. The van der Waals surface area contributed by atoms with Crippen LogP contribution in [0.2, 0.25) is 5.02 Å². The SMILES string of the molecule is CC(=O)N1N=C(c2cccc(O)c2)C[C@@H]1c1ccc(F)cc1Cl. The third-order valence-electron chi connectivity index (χ3n) is 3.73. The molecule has 1 heterocycles. The summed E-state index contributed by atoms with van der Waals surface area (Å²) in [4.78, 5) is 11.9. The maximum Gasteiger partial charge on any atom is 0.240 e. The molecule has 0 aromatic heterocycles. The zero-order valence-electron chi connectivity index (χ0n) is 12.3. The normalized spacial score (nSPS) is 17.3. The van der Waals surface area contributed by atoms with Gasteiger partial charge in [0.15, 0.2) is 0 Å². The van der Waals surface area contributed by atoms with Crippen LogP contribution in [0.4, 0.5) is 4.39 Å². The summed E-state index contributed by atoms with van der Waals surface area (Å²) >= 11 is 6.13. The van der Waals surface area contributed by atoms with Crippen LogP contribution in [-0.4, -0.2) is 21.7 Å². The third-order valence-corrected chi connectivity index (χ3v) is 4.06. The number of hydrogen-bond donors (Lipinski definition) is 1. The molecule has 1 aliphatic heterocycles. The van der Waals surface area contributed by atoms with Gasteiger partial charge in [-0.25, -0.2) is 9.40 Å². The third kappa shape index (κ3) is 3.05. The van der Waals surface area contributed by atoms with Gasteiger partial charge in [-0.3, -0.25) is 4.79 Å². The minimum Gasteiger partial charge on any atom is -0.508 e. The second-order valence-electron chi connectivity index (χ2n) is 5.35. The predicted molar refractivity (Wildman–Crippen MR) is 85.9 cm³/mol. The number of halogens is 2. The standard InChI is InChI=1S/C17H14ClFN2O2/c1-10(22)21-17(14-6-5-12(19)8-15(14)18)9-16(20-21)11-3-2-4-13(23)7-11/h2-8,17,23H,9H2,1H3/t17-/m1/s1. The van der Waals surface area contributed by atoms with Crippen LogP contribution < -0.4 is 0 Å². The van der Waals surface area contributed by atoms with Crippen molar-refractivity contribution in [2.45, 2.75) is 19.4 Å². The first-order valence-electron chi connectivity index (χ1n) is 7.07. The van der Waals surface area contributed by atoms with E-state index in [2.05, 4.69) is 5.10 Å². The van der Waals surface area contributed by atoms with Crippen molar-refractivity contribution in [3.8, 4) is 5.75 Å². The molecule has 118 valence electrons. The number of hydrazone groups is 1. The summed E-state index contributed by atoms with van der Waals surface area (Å²) in [6.45, 7) is 1.42. The molecule has 23 heavy (non-hydrogen) atoms. The van der Waals surface area contributed by atoms with Crippen LogP contribution in [0, 0.1) is 5.82 Å². The fraction of sp³-hybridized carbons (Fsp3) is 0.176. The molecule has 0 aliphatic carbocycles. The lowest BCUT2D eigenvalue weighted by molar-refractivity contribution is -0.130. The lowest BCUT2D eigenvalue weighted by atomic mass is 9.98. The minimum atomic E-state index is -0.430. The van der Waals surface area contributed by atoms with E-state index >= 15 is 0 Å². The van der Waals surface area contributed by atoms with Crippen molar-refractivity contribution in [2.24, 2.45) is 5.10 Å². The van der Waals surface area contributed by atoms with Crippen molar-refractivity contribution in [1.29, 1.82) is 0 Å². The van der Waals surface area contributed by atoms with Gasteiger partial charge >= 0.3 is 0 Å². The van der Waals surface area contributed by atoms with Gasteiger partial charge in [-0.15, -0.1) is 0 Å². The molecule has 0 fully saturated rings. The number of nitrogens with zero attached hydrogens (tertiary/aromatic N) is 2. The molecule has 6 heteroatoms. The zero-order chi connectivity index (χ0) is 16.6. The molecule has 2 aromatic carbocycles. The van der Waals surface area contributed by atoms with Crippen LogP contribution in [0.1, 0.15) is 30.5 Å². The molecule has 0 spiro atoms. The number of phenolic OH excluding ortho intramolecular Hbond substituents is 1. The quantitative estimate of drug-likeness (QED) is 0.907. The first-order valence-corrected chi connectivity index (χ1v) is 7.45. The van der Waals surface area contributed by atoms with E-state index in [-0.39, 0.29) is 16.7 Å². The van der Waals surface area contributed by atoms with E-state index in [1.54, 1.807) is 24.3 Å². The number of phenols is 1. The van der Waals surface area contributed by atoms with Gasteiger partial charge in [0.1, 0.15) is 11.6 Å². The molecule has 4 nitrogen and oxygen atoms in total. The molecular weight excluding hydrogens is 319 g/mol. The lowest BCUT2D eigenvalue weighted by Gasteiger charge is -2.21. The first-order chi connectivity index (χ1) is 11.0. The predicted octanol–water partition coefficient (Wildman–Crippen LogP) is 3.88. The van der Waals surface area contributed by atoms with Crippen LogP contribution in [-0.2, 0) is 4.79 Å². The Balaban J connectivity index is 1.99. The van der Waals surface area contributed by atoms with Gasteiger partial charge in [-0.05, 0) is 29.8 Å². The van der Waals surface area contributed by atoms with E-state index < -0.39 is 11.9 Å². The summed E-state index contributed by atoms with van der Waals surface area (Å²) in [6, 6.07) is 10.4. The smallest absolute Gasteiger partial charge is 0.240 e. The molecule has 0 unspecified atom stereocenters. The highest BCUT2D eigenvalue weighted by molar-refractivity contribution is 6.31. The van der Waals surface area contributed by atoms with Crippen LogP contribution in [0.3, 0.4) is 0 Å². The molecule has 1 N–H and O–H groups in total. The van der Waals surface area contributed by atoms with Crippen molar-refractivity contribution < 1.29 is 14.3 Å². The van der Waals surface area contributed by atoms with E-state index in [9.17, 15) is 14.3 Å². The monoisotopic (exact) mass is 332 g/mol. The highest BCUT2D eigenvalue weighted by atomic mass is 35.5. The Bertz CT molecular complexity index is 807.